The van der Waals surface area contributed by atoms with Gasteiger partial charge in [0.2, 0.25) is 5.88 Å². The smallest absolute Gasteiger partial charge is 0.261 e. The van der Waals surface area contributed by atoms with Gasteiger partial charge in [0.25, 0.3) is 5.91 Å². The van der Waals surface area contributed by atoms with Crippen LogP contribution in [0.3, 0.4) is 0 Å². The molecule has 1 aromatic carbocycles. The summed E-state index contributed by atoms with van der Waals surface area (Å²) in [6.45, 7) is 1.30. The second-order valence-electron chi connectivity index (χ2n) is 9.94. The highest BCUT2D eigenvalue weighted by molar-refractivity contribution is 6.06. The molecule has 4 aromatic rings. The van der Waals surface area contributed by atoms with Crippen molar-refractivity contribution in [3.8, 4) is 5.88 Å². The fourth-order valence-electron chi connectivity index (χ4n) is 4.75. The van der Waals surface area contributed by atoms with Gasteiger partial charge >= 0.3 is 0 Å². The maximum absolute atomic E-state index is 13.9. The Balaban J connectivity index is 1.27. The molecular formula is C28H26N6O3. The molecule has 2 fully saturated rings. The van der Waals surface area contributed by atoms with Gasteiger partial charge in [-0.25, -0.2) is 19.9 Å². The topological polar surface area (TPSA) is 116 Å². The minimum Gasteiger partial charge on any atom is -0.473 e. The number of fused-ring (bicyclic) bond motifs is 3. The van der Waals surface area contributed by atoms with Gasteiger partial charge in [-0.3, -0.25) is 9.69 Å². The molecule has 2 N–H and O–H groups in total. The minimum absolute atomic E-state index is 0.143. The summed E-state index contributed by atoms with van der Waals surface area (Å²) in [5, 5.41) is 1.02. The number of amides is 1. The maximum atomic E-state index is 13.9. The number of nitrogens with two attached hydrogens (primary N) is 1. The number of nitrogen functional groups attached to an aromatic ring is 1. The van der Waals surface area contributed by atoms with Crippen LogP contribution >= 0.6 is 0 Å². The first-order chi connectivity index (χ1) is 18.1. The lowest BCUT2D eigenvalue weighted by molar-refractivity contribution is 0.0983. The third kappa shape index (κ3) is 4.25. The summed E-state index contributed by atoms with van der Waals surface area (Å²) in [4.78, 5) is 33.6. The number of aromatic nitrogens is 4. The molecule has 2 saturated carbocycles. The van der Waals surface area contributed by atoms with E-state index in [-0.39, 0.29) is 12.0 Å². The van der Waals surface area contributed by atoms with E-state index in [4.69, 9.17) is 15.2 Å². The van der Waals surface area contributed by atoms with Crippen molar-refractivity contribution in [2.45, 2.75) is 57.5 Å². The van der Waals surface area contributed by atoms with Crippen molar-refractivity contribution in [1.29, 1.82) is 0 Å². The van der Waals surface area contributed by atoms with Gasteiger partial charge in [0, 0.05) is 35.5 Å². The van der Waals surface area contributed by atoms with Gasteiger partial charge in [-0.15, -0.1) is 0 Å². The molecule has 0 atom stereocenters. The first kappa shape index (κ1) is 22.1. The maximum Gasteiger partial charge on any atom is 0.261 e. The normalized spacial score (nSPS) is 16.5. The summed E-state index contributed by atoms with van der Waals surface area (Å²) < 4.78 is 11.7. The van der Waals surface area contributed by atoms with Crippen molar-refractivity contribution < 1.29 is 14.3 Å². The first-order valence-corrected chi connectivity index (χ1v) is 12.7. The second-order valence-corrected chi connectivity index (χ2v) is 9.94. The van der Waals surface area contributed by atoms with Gasteiger partial charge in [-0.05, 0) is 55.0 Å². The van der Waals surface area contributed by atoms with Crippen LogP contribution < -0.4 is 15.4 Å². The Labute approximate surface area is 213 Å². The van der Waals surface area contributed by atoms with Crippen LogP contribution in [0.1, 0.15) is 64.5 Å². The lowest BCUT2D eigenvalue weighted by Crippen LogP contribution is -2.31. The number of hydrogen-bond acceptors (Lipinski definition) is 8. The highest BCUT2D eigenvalue weighted by Crippen LogP contribution is 2.38. The Hall–Kier alpha value is -4.11. The van der Waals surface area contributed by atoms with E-state index in [1.807, 2.05) is 30.3 Å². The third-order valence-electron chi connectivity index (χ3n) is 7.09. The lowest BCUT2D eigenvalue weighted by atomic mass is 10.0. The van der Waals surface area contributed by atoms with Crippen molar-refractivity contribution in [3.05, 3.63) is 77.0 Å². The van der Waals surface area contributed by atoms with Crippen LogP contribution in [0.25, 0.3) is 10.9 Å². The number of rotatable bonds is 7. The largest absolute Gasteiger partial charge is 0.473 e. The number of pyridine rings is 2. The Morgan fingerprint density at radius 2 is 1.86 bits per heavy atom. The summed E-state index contributed by atoms with van der Waals surface area (Å²) >= 11 is 0. The van der Waals surface area contributed by atoms with E-state index in [0.29, 0.717) is 48.6 Å². The fourth-order valence-corrected chi connectivity index (χ4v) is 4.75. The SMILES string of the molecule is Nc1nc2cc(CN(C(=O)c3cnc(C4CC4)nc3)c3cccnc3OC3CC3)ccc2c2c1COC2. The highest BCUT2D eigenvalue weighted by atomic mass is 16.5. The summed E-state index contributed by atoms with van der Waals surface area (Å²) in [6, 6.07) is 9.71. The predicted octanol–water partition coefficient (Wildman–Crippen LogP) is 4.30. The van der Waals surface area contributed by atoms with E-state index < -0.39 is 0 Å². The number of carbonyl (C=O) groups excluding carboxylic acids is 1. The molecule has 0 unspecified atom stereocenters. The molecule has 0 saturated heterocycles. The number of carbonyl (C=O) groups is 1. The molecule has 0 bridgehead atoms. The van der Waals surface area contributed by atoms with Crippen LogP contribution in [-0.4, -0.2) is 31.9 Å². The summed E-state index contributed by atoms with van der Waals surface area (Å²) in [6.07, 6.45) is 9.27. The van der Waals surface area contributed by atoms with E-state index in [2.05, 4.69) is 19.9 Å². The molecule has 186 valence electrons. The van der Waals surface area contributed by atoms with Crippen molar-refractivity contribution in [2.75, 3.05) is 10.6 Å². The van der Waals surface area contributed by atoms with Crippen LogP contribution in [0.2, 0.25) is 0 Å². The van der Waals surface area contributed by atoms with Crippen LogP contribution in [0.15, 0.2) is 48.9 Å². The zero-order chi connectivity index (χ0) is 24.9. The number of anilines is 2. The minimum atomic E-state index is -0.217. The summed E-state index contributed by atoms with van der Waals surface area (Å²) in [5.41, 5.74) is 11.0. The second kappa shape index (κ2) is 8.77. The van der Waals surface area contributed by atoms with Gasteiger partial charge in [-0.1, -0.05) is 12.1 Å². The molecule has 9 heteroatoms. The monoisotopic (exact) mass is 494 g/mol. The third-order valence-corrected chi connectivity index (χ3v) is 7.09. The Morgan fingerprint density at radius 3 is 2.65 bits per heavy atom. The van der Waals surface area contributed by atoms with Crippen LogP contribution in [0.4, 0.5) is 11.5 Å². The Kier molecular flexibility index (Phi) is 5.24. The predicted molar refractivity (Wildman–Crippen MR) is 137 cm³/mol. The number of ether oxygens (including phenoxy) is 2. The molecule has 0 spiro atoms. The van der Waals surface area contributed by atoms with Crippen molar-refractivity contribution in [2.24, 2.45) is 0 Å². The molecule has 7 rings (SSSR count). The molecule has 1 aliphatic heterocycles. The van der Waals surface area contributed by atoms with Gasteiger partial charge in [0.05, 0.1) is 30.8 Å². The van der Waals surface area contributed by atoms with Crippen molar-refractivity contribution >= 4 is 28.3 Å². The average Bonchev–Trinajstić information content (AvgIpc) is 3.86. The number of nitrogens with zero attached hydrogens (tertiary/aromatic N) is 5. The highest BCUT2D eigenvalue weighted by Gasteiger charge is 2.30. The van der Waals surface area contributed by atoms with E-state index in [1.165, 1.54) is 0 Å². The number of hydrogen-bond donors (Lipinski definition) is 1. The van der Waals surface area contributed by atoms with Gasteiger partial charge in [0.1, 0.15) is 23.4 Å². The molecule has 3 aliphatic rings. The van der Waals surface area contributed by atoms with Crippen LogP contribution in [0, 0.1) is 0 Å². The van der Waals surface area contributed by atoms with Crippen LogP contribution in [-0.2, 0) is 24.5 Å². The molecule has 0 radical (unpaired) electrons. The van der Waals surface area contributed by atoms with E-state index >= 15 is 0 Å². The van der Waals surface area contributed by atoms with E-state index in [9.17, 15) is 4.79 Å². The lowest BCUT2D eigenvalue weighted by Gasteiger charge is -2.25. The van der Waals surface area contributed by atoms with Gasteiger partial charge < -0.3 is 15.2 Å². The molecule has 2 aliphatic carbocycles. The standard InChI is InChI=1S/C28H26N6O3/c29-25-22-15-36-14-21(22)20-8-3-16(10-23(20)33-25)13-34(24-2-1-9-30-27(24)37-19-6-7-19)28(35)18-11-31-26(32-12-18)17-4-5-17/h1-3,8-12,17,19H,4-7,13-15H2,(H2,29,33). The van der Waals surface area contributed by atoms with Gasteiger partial charge in [0.15, 0.2) is 0 Å². The number of benzene rings is 1. The van der Waals surface area contributed by atoms with E-state index in [1.54, 1.807) is 23.5 Å². The van der Waals surface area contributed by atoms with E-state index in [0.717, 1.165) is 59.1 Å². The average molecular weight is 495 g/mol. The van der Waals surface area contributed by atoms with Crippen LogP contribution in [0.5, 0.6) is 5.88 Å². The Morgan fingerprint density at radius 1 is 1.05 bits per heavy atom. The first-order valence-electron chi connectivity index (χ1n) is 12.7. The van der Waals surface area contributed by atoms with Gasteiger partial charge in [-0.2, -0.15) is 0 Å². The zero-order valence-corrected chi connectivity index (χ0v) is 20.3. The molecule has 37 heavy (non-hydrogen) atoms. The quantitative estimate of drug-likeness (QED) is 0.404. The summed E-state index contributed by atoms with van der Waals surface area (Å²) in [5.74, 6) is 1.95. The molecule has 9 nitrogen and oxygen atoms in total. The van der Waals surface area contributed by atoms with Crippen molar-refractivity contribution in [3.63, 3.8) is 0 Å². The Bertz CT molecular complexity index is 1510. The molecule has 1 amide bonds. The molecule has 4 heterocycles. The molecule has 3 aromatic heterocycles. The zero-order valence-electron chi connectivity index (χ0n) is 20.3. The fraction of sp³-hybridized carbons (Fsp3) is 0.321. The van der Waals surface area contributed by atoms with Crippen molar-refractivity contribution in [1.82, 2.24) is 19.9 Å². The summed E-state index contributed by atoms with van der Waals surface area (Å²) in [7, 11) is 0. The molecular weight excluding hydrogens is 468 g/mol.